The lowest BCUT2D eigenvalue weighted by Gasteiger charge is -2.17. The van der Waals surface area contributed by atoms with Crippen LogP contribution in [0.1, 0.15) is 36.2 Å². The van der Waals surface area contributed by atoms with Crippen LogP contribution in [0.5, 0.6) is 0 Å². The van der Waals surface area contributed by atoms with Crippen molar-refractivity contribution in [2.45, 2.75) is 39.0 Å². The summed E-state index contributed by atoms with van der Waals surface area (Å²) in [4.78, 5) is 12.1. The molecule has 1 atom stereocenters. The van der Waals surface area contributed by atoms with Gasteiger partial charge in [0.15, 0.2) is 0 Å². The van der Waals surface area contributed by atoms with E-state index in [2.05, 4.69) is 5.32 Å². The minimum atomic E-state index is -0.184. The molecule has 2 N–H and O–H groups in total. The van der Waals surface area contributed by atoms with Gasteiger partial charge < -0.3 is 19.9 Å². The van der Waals surface area contributed by atoms with Crippen LogP contribution in [-0.2, 0) is 16.1 Å². The van der Waals surface area contributed by atoms with Crippen LogP contribution in [0.25, 0.3) is 0 Å². The van der Waals surface area contributed by atoms with Crippen LogP contribution in [0.15, 0.2) is 24.3 Å². The topological polar surface area (TPSA) is 67.8 Å². The number of amides is 1. The number of benzene rings is 1. The maximum absolute atomic E-state index is 12.1. The second kappa shape index (κ2) is 9.50. The van der Waals surface area contributed by atoms with E-state index in [0.717, 1.165) is 5.56 Å². The first-order valence-electron chi connectivity index (χ1n) is 7.18. The fourth-order valence-electron chi connectivity index (χ4n) is 1.84. The molecule has 1 aromatic carbocycles. The summed E-state index contributed by atoms with van der Waals surface area (Å²) in [6.45, 7) is 4.90. The predicted octanol–water partition coefficient (Wildman–Crippen LogP) is 1.74. The summed E-state index contributed by atoms with van der Waals surface area (Å²) in [7, 11) is 1.57. The van der Waals surface area contributed by atoms with E-state index < -0.39 is 0 Å². The van der Waals surface area contributed by atoms with Gasteiger partial charge in [-0.25, -0.2) is 0 Å². The van der Waals surface area contributed by atoms with Gasteiger partial charge in [0, 0.05) is 19.3 Å². The number of carbonyl (C=O) groups is 1. The number of ether oxygens (including phenoxy) is 2. The van der Waals surface area contributed by atoms with Crippen LogP contribution in [0, 0.1) is 0 Å². The van der Waals surface area contributed by atoms with Gasteiger partial charge in [0.05, 0.1) is 25.4 Å². The number of aliphatic hydroxyl groups is 1. The highest BCUT2D eigenvalue weighted by atomic mass is 16.5. The Morgan fingerprint density at radius 1 is 1.29 bits per heavy atom. The molecule has 0 saturated carbocycles. The SMILES string of the molecule is COCC(CCO)NC(=O)c1ccc(COC(C)C)cc1. The van der Waals surface area contributed by atoms with Crippen molar-refractivity contribution < 1.29 is 19.4 Å². The van der Waals surface area contributed by atoms with Crippen molar-refractivity contribution in [3.8, 4) is 0 Å². The molecule has 118 valence electrons. The molecule has 21 heavy (non-hydrogen) atoms. The molecule has 0 spiro atoms. The maximum atomic E-state index is 12.1. The summed E-state index contributed by atoms with van der Waals surface area (Å²) in [6, 6.07) is 7.13. The fraction of sp³-hybridized carbons (Fsp3) is 0.562. The van der Waals surface area contributed by atoms with Gasteiger partial charge in [-0.1, -0.05) is 12.1 Å². The molecule has 5 nitrogen and oxygen atoms in total. The lowest BCUT2D eigenvalue weighted by molar-refractivity contribution is 0.0656. The van der Waals surface area contributed by atoms with Gasteiger partial charge in [0.1, 0.15) is 0 Å². The highest BCUT2D eigenvalue weighted by Crippen LogP contribution is 2.08. The van der Waals surface area contributed by atoms with E-state index in [-0.39, 0.29) is 24.7 Å². The molecule has 5 heteroatoms. The molecule has 0 aliphatic heterocycles. The quantitative estimate of drug-likeness (QED) is 0.728. The Kier molecular flexibility index (Phi) is 7.97. The highest BCUT2D eigenvalue weighted by molar-refractivity contribution is 5.94. The third-order valence-electron chi connectivity index (χ3n) is 2.98. The molecule has 0 aliphatic rings. The monoisotopic (exact) mass is 295 g/mol. The summed E-state index contributed by atoms with van der Waals surface area (Å²) in [5, 5.41) is 11.8. The predicted molar refractivity (Wildman–Crippen MR) is 81.2 cm³/mol. The van der Waals surface area contributed by atoms with Crippen molar-refractivity contribution >= 4 is 5.91 Å². The van der Waals surface area contributed by atoms with Crippen molar-refractivity contribution in [2.75, 3.05) is 20.3 Å². The summed E-state index contributed by atoms with van der Waals surface area (Å²) >= 11 is 0. The summed E-state index contributed by atoms with van der Waals surface area (Å²) in [6.07, 6.45) is 0.654. The van der Waals surface area contributed by atoms with E-state index in [1.54, 1.807) is 19.2 Å². The number of carbonyl (C=O) groups excluding carboxylic acids is 1. The minimum Gasteiger partial charge on any atom is -0.396 e. The number of nitrogens with one attached hydrogen (secondary N) is 1. The van der Waals surface area contributed by atoms with Crippen LogP contribution in [-0.4, -0.2) is 43.5 Å². The molecule has 1 aromatic rings. The molecule has 0 fully saturated rings. The zero-order valence-corrected chi connectivity index (χ0v) is 13.0. The van der Waals surface area contributed by atoms with E-state index in [9.17, 15) is 4.79 Å². The first kappa shape index (κ1) is 17.6. The molecule has 1 rings (SSSR count). The number of methoxy groups -OCH3 is 1. The fourth-order valence-corrected chi connectivity index (χ4v) is 1.84. The van der Waals surface area contributed by atoms with Crippen LogP contribution in [0.3, 0.4) is 0 Å². The zero-order chi connectivity index (χ0) is 15.7. The van der Waals surface area contributed by atoms with Crippen molar-refractivity contribution in [3.63, 3.8) is 0 Å². The van der Waals surface area contributed by atoms with E-state index in [1.165, 1.54) is 0 Å². The van der Waals surface area contributed by atoms with Crippen molar-refractivity contribution in [1.82, 2.24) is 5.32 Å². The van der Waals surface area contributed by atoms with Crippen molar-refractivity contribution in [1.29, 1.82) is 0 Å². The second-order valence-corrected chi connectivity index (χ2v) is 5.19. The van der Waals surface area contributed by atoms with Gasteiger partial charge in [-0.05, 0) is 38.0 Å². The Labute approximate surface area is 126 Å². The third kappa shape index (κ3) is 6.71. The normalized spacial score (nSPS) is 12.4. The average molecular weight is 295 g/mol. The van der Waals surface area contributed by atoms with E-state index in [0.29, 0.717) is 25.2 Å². The molecule has 0 radical (unpaired) electrons. The van der Waals surface area contributed by atoms with E-state index >= 15 is 0 Å². The highest BCUT2D eigenvalue weighted by Gasteiger charge is 2.13. The Balaban J connectivity index is 2.57. The van der Waals surface area contributed by atoms with Gasteiger partial charge in [0.2, 0.25) is 0 Å². The van der Waals surface area contributed by atoms with Gasteiger partial charge >= 0.3 is 0 Å². The molecule has 0 heterocycles. The van der Waals surface area contributed by atoms with Crippen molar-refractivity contribution in [2.24, 2.45) is 0 Å². The minimum absolute atomic E-state index is 0.0137. The lowest BCUT2D eigenvalue weighted by atomic mass is 10.1. The third-order valence-corrected chi connectivity index (χ3v) is 2.98. The van der Waals surface area contributed by atoms with Crippen LogP contribution in [0.2, 0.25) is 0 Å². The van der Waals surface area contributed by atoms with Gasteiger partial charge in [-0.2, -0.15) is 0 Å². The molecular formula is C16H25NO4. The van der Waals surface area contributed by atoms with Gasteiger partial charge in [0.25, 0.3) is 5.91 Å². The van der Waals surface area contributed by atoms with E-state index in [1.807, 2.05) is 26.0 Å². The number of hydrogen-bond donors (Lipinski definition) is 2. The van der Waals surface area contributed by atoms with Crippen LogP contribution < -0.4 is 5.32 Å². The number of aliphatic hydroxyl groups excluding tert-OH is 1. The zero-order valence-electron chi connectivity index (χ0n) is 13.0. The maximum Gasteiger partial charge on any atom is 0.251 e. The summed E-state index contributed by atoms with van der Waals surface area (Å²) in [5.41, 5.74) is 1.62. The number of rotatable bonds is 9. The van der Waals surface area contributed by atoms with E-state index in [4.69, 9.17) is 14.6 Å². The molecule has 0 aromatic heterocycles. The summed E-state index contributed by atoms with van der Waals surface area (Å²) in [5.74, 6) is -0.165. The Hall–Kier alpha value is -1.43. The molecule has 1 amide bonds. The second-order valence-electron chi connectivity index (χ2n) is 5.19. The molecule has 0 saturated heterocycles. The van der Waals surface area contributed by atoms with Crippen LogP contribution in [0.4, 0.5) is 0 Å². The standard InChI is InChI=1S/C16H25NO4/c1-12(2)21-10-13-4-6-14(7-5-13)16(19)17-15(8-9-18)11-20-3/h4-7,12,15,18H,8-11H2,1-3H3,(H,17,19). The Bertz CT molecular complexity index is 411. The first-order valence-corrected chi connectivity index (χ1v) is 7.18. The molecular weight excluding hydrogens is 270 g/mol. The average Bonchev–Trinajstić information content (AvgIpc) is 2.46. The molecule has 1 unspecified atom stereocenters. The van der Waals surface area contributed by atoms with Gasteiger partial charge in [-0.3, -0.25) is 4.79 Å². The number of hydrogen-bond acceptors (Lipinski definition) is 4. The Morgan fingerprint density at radius 2 is 1.95 bits per heavy atom. The van der Waals surface area contributed by atoms with Gasteiger partial charge in [-0.15, -0.1) is 0 Å². The smallest absolute Gasteiger partial charge is 0.251 e. The van der Waals surface area contributed by atoms with Crippen molar-refractivity contribution in [3.05, 3.63) is 35.4 Å². The lowest BCUT2D eigenvalue weighted by Crippen LogP contribution is -2.38. The summed E-state index contributed by atoms with van der Waals surface area (Å²) < 4.78 is 10.5. The molecule has 0 bridgehead atoms. The largest absolute Gasteiger partial charge is 0.396 e. The first-order chi connectivity index (χ1) is 10.1. The van der Waals surface area contributed by atoms with Crippen LogP contribution >= 0.6 is 0 Å². The molecule has 0 aliphatic carbocycles. The Morgan fingerprint density at radius 3 is 2.48 bits per heavy atom.